The lowest BCUT2D eigenvalue weighted by Gasteiger charge is -2.41. The summed E-state index contributed by atoms with van der Waals surface area (Å²) in [6, 6.07) is 18.4. The number of ether oxygens (including phenoxy) is 1. The SMILES string of the molecule is O=C(N[C@H]1c2ccccc2OC[C@H]1O)[C@H](Cc1ccncc1)C[C@H](O)CN1CCN(Cc2cc3ccccc3o2)C[C@H]1C(=O)NCC(F)(F)F. The third kappa shape index (κ3) is 8.99. The molecule has 11 nitrogen and oxygen atoms in total. The van der Waals surface area contributed by atoms with E-state index in [1.807, 2.05) is 40.5 Å². The summed E-state index contributed by atoms with van der Waals surface area (Å²) in [4.78, 5) is 34.7. The van der Waals surface area contributed by atoms with Gasteiger partial charge in [-0.25, -0.2) is 0 Å². The van der Waals surface area contributed by atoms with Crippen LogP contribution in [0.1, 0.15) is 29.3 Å². The predicted molar refractivity (Wildman–Crippen MR) is 177 cm³/mol. The predicted octanol–water partition coefficient (Wildman–Crippen LogP) is 3.21. The summed E-state index contributed by atoms with van der Waals surface area (Å²) < 4.78 is 50.8. The van der Waals surface area contributed by atoms with Gasteiger partial charge in [0, 0.05) is 55.4 Å². The molecule has 4 N–H and O–H groups in total. The first-order valence-corrected chi connectivity index (χ1v) is 16.6. The highest BCUT2D eigenvalue weighted by Crippen LogP contribution is 2.32. The van der Waals surface area contributed by atoms with Gasteiger partial charge in [-0.15, -0.1) is 0 Å². The molecule has 2 aliphatic heterocycles. The van der Waals surface area contributed by atoms with E-state index in [-0.39, 0.29) is 39.1 Å². The number of aromatic nitrogens is 1. The Hall–Kier alpha value is -4.50. The van der Waals surface area contributed by atoms with E-state index in [0.29, 0.717) is 35.7 Å². The van der Waals surface area contributed by atoms with Gasteiger partial charge in [0.15, 0.2) is 0 Å². The van der Waals surface area contributed by atoms with Crippen LogP contribution in [-0.2, 0) is 22.6 Å². The molecule has 1 saturated heterocycles. The number of carbonyl (C=O) groups excluding carboxylic acids is 2. The molecule has 2 aromatic heterocycles. The Labute approximate surface area is 287 Å². The van der Waals surface area contributed by atoms with Crippen molar-refractivity contribution in [1.29, 1.82) is 0 Å². The molecule has 14 heteroatoms. The van der Waals surface area contributed by atoms with Crippen molar-refractivity contribution in [3.05, 3.63) is 96.0 Å². The molecular formula is C36H40F3N5O6. The number of pyridine rings is 1. The molecule has 1 fully saturated rings. The lowest BCUT2D eigenvalue weighted by molar-refractivity contribution is -0.143. The van der Waals surface area contributed by atoms with E-state index in [0.717, 1.165) is 10.9 Å². The number of fused-ring (bicyclic) bond motifs is 2. The molecule has 2 aliphatic rings. The third-order valence-electron chi connectivity index (χ3n) is 9.15. The minimum Gasteiger partial charge on any atom is -0.490 e. The van der Waals surface area contributed by atoms with Crippen LogP contribution in [0.2, 0.25) is 0 Å². The Morgan fingerprint density at radius 1 is 1.04 bits per heavy atom. The first-order valence-electron chi connectivity index (χ1n) is 16.6. The summed E-state index contributed by atoms with van der Waals surface area (Å²) in [5.41, 5.74) is 2.16. The fourth-order valence-corrected chi connectivity index (χ4v) is 6.68. The number of β-amino-alcohol motifs (C(OH)–C–C–N with tert-alkyl or cyclic N) is 1. The highest BCUT2D eigenvalue weighted by Gasteiger charge is 2.38. The second-order valence-electron chi connectivity index (χ2n) is 12.9. The number of halogens is 3. The van der Waals surface area contributed by atoms with Gasteiger partial charge in [-0.2, -0.15) is 13.2 Å². The van der Waals surface area contributed by atoms with E-state index in [1.165, 1.54) is 0 Å². The number of alkyl halides is 3. The molecule has 50 heavy (non-hydrogen) atoms. The molecule has 5 atom stereocenters. The fraction of sp³-hybridized carbons (Fsp3) is 0.417. The first kappa shape index (κ1) is 35.3. The molecule has 4 aromatic rings. The van der Waals surface area contributed by atoms with Crippen LogP contribution in [0.25, 0.3) is 11.0 Å². The van der Waals surface area contributed by atoms with Gasteiger partial charge in [0.25, 0.3) is 0 Å². The molecule has 266 valence electrons. The normalized spacial score (nSPS) is 21.2. The topological polar surface area (TPSA) is 140 Å². The van der Waals surface area contributed by atoms with Gasteiger partial charge in [0.05, 0.1) is 18.7 Å². The largest absolute Gasteiger partial charge is 0.490 e. The Morgan fingerprint density at radius 3 is 2.58 bits per heavy atom. The Kier molecular flexibility index (Phi) is 11.0. The third-order valence-corrected chi connectivity index (χ3v) is 9.15. The quantitative estimate of drug-likeness (QED) is 0.176. The molecule has 4 heterocycles. The number of hydrogen-bond acceptors (Lipinski definition) is 9. The number of nitrogens with one attached hydrogen (secondary N) is 2. The van der Waals surface area contributed by atoms with Crippen LogP contribution in [0.4, 0.5) is 13.2 Å². The number of aliphatic hydroxyl groups is 2. The summed E-state index contributed by atoms with van der Waals surface area (Å²) in [5.74, 6) is -0.722. The number of para-hydroxylation sites is 2. The lowest BCUT2D eigenvalue weighted by atomic mass is 9.91. The maximum atomic E-state index is 13.8. The number of benzene rings is 2. The van der Waals surface area contributed by atoms with Gasteiger partial charge >= 0.3 is 6.18 Å². The lowest BCUT2D eigenvalue weighted by Crippen LogP contribution is -2.60. The maximum Gasteiger partial charge on any atom is 0.405 e. The monoisotopic (exact) mass is 695 g/mol. The van der Waals surface area contributed by atoms with Gasteiger partial charge in [-0.05, 0) is 48.7 Å². The molecule has 0 aliphatic carbocycles. The maximum absolute atomic E-state index is 13.8. The fourth-order valence-electron chi connectivity index (χ4n) is 6.68. The van der Waals surface area contributed by atoms with E-state index in [9.17, 15) is 33.0 Å². The zero-order chi connectivity index (χ0) is 35.3. The summed E-state index contributed by atoms with van der Waals surface area (Å²) in [6.07, 6.45) is -3.23. The van der Waals surface area contributed by atoms with Crippen molar-refractivity contribution in [3.8, 4) is 5.75 Å². The molecule has 0 spiro atoms. The van der Waals surface area contributed by atoms with Crippen LogP contribution in [0.5, 0.6) is 5.75 Å². The number of furan rings is 1. The summed E-state index contributed by atoms with van der Waals surface area (Å²) in [6.45, 7) is -0.315. The van der Waals surface area contributed by atoms with Crippen LogP contribution in [0, 0.1) is 5.92 Å². The van der Waals surface area contributed by atoms with Crippen molar-refractivity contribution in [2.45, 2.75) is 49.9 Å². The highest BCUT2D eigenvalue weighted by molar-refractivity contribution is 5.82. The van der Waals surface area contributed by atoms with Gasteiger partial charge in [0.1, 0.15) is 42.4 Å². The van der Waals surface area contributed by atoms with Crippen molar-refractivity contribution >= 4 is 22.8 Å². The second kappa shape index (κ2) is 15.6. The van der Waals surface area contributed by atoms with Gasteiger partial charge < -0.3 is 30.0 Å². The van der Waals surface area contributed by atoms with Crippen molar-refractivity contribution in [1.82, 2.24) is 25.4 Å². The van der Waals surface area contributed by atoms with Crippen LogP contribution >= 0.6 is 0 Å². The van der Waals surface area contributed by atoms with Crippen LogP contribution in [-0.4, -0.2) is 101 Å². The van der Waals surface area contributed by atoms with Crippen molar-refractivity contribution in [2.75, 3.05) is 39.3 Å². The van der Waals surface area contributed by atoms with Crippen LogP contribution in [0.15, 0.2) is 83.5 Å². The van der Waals surface area contributed by atoms with E-state index < -0.39 is 54.7 Å². The van der Waals surface area contributed by atoms with E-state index in [4.69, 9.17) is 9.15 Å². The number of hydrogen-bond donors (Lipinski definition) is 4. The zero-order valence-electron chi connectivity index (χ0n) is 27.3. The van der Waals surface area contributed by atoms with Gasteiger partial charge in [0.2, 0.25) is 11.8 Å². The zero-order valence-corrected chi connectivity index (χ0v) is 27.3. The molecular weight excluding hydrogens is 655 g/mol. The average Bonchev–Trinajstić information content (AvgIpc) is 3.51. The average molecular weight is 696 g/mol. The van der Waals surface area contributed by atoms with Crippen molar-refractivity contribution in [2.24, 2.45) is 5.92 Å². The molecule has 6 rings (SSSR count). The Balaban J connectivity index is 1.16. The molecule has 0 bridgehead atoms. The summed E-state index contributed by atoms with van der Waals surface area (Å²) in [5, 5.41) is 28.0. The second-order valence-corrected chi connectivity index (χ2v) is 12.9. The van der Waals surface area contributed by atoms with Crippen LogP contribution < -0.4 is 15.4 Å². The summed E-state index contributed by atoms with van der Waals surface area (Å²) in [7, 11) is 0. The molecule has 0 unspecified atom stereocenters. The number of nitrogens with zero attached hydrogens (tertiary/aromatic N) is 3. The van der Waals surface area contributed by atoms with Gasteiger partial charge in [-0.1, -0.05) is 36.4 Å². The number of amides is 2. The Bertz CT molecular complexity index is 1720. The minimum atomic E-state index is -4.59. The summed E-state index contributed by atoms with van der Waals surface area (Å²) >= 11 is 0. The number of carbonyl (C=O) groups is 2. The standard InChI is InChI=1S/C36H40F3N5O6/c37-36(38,39)22-41-35(48)29-20-43(19-27-17-24-5-1-3-7-31(24)50-27)13-14-44(29)18-26(45)16-25(15-23-9-11-40-12-10-23)34(47)42-33-28-6-2-4-8-32(28)49-21-30(33)46/h1-12,17,25-26,29-30,33,45-46H,13-16,18-22H2,(H,41,48)(H,42,47)/t25-,26+,29+,30-,33+/m1/s1. The minimum absolute atomic E-state index is 0.000279. The van der Waals surface area contributed by atoms with Crippen molar-refractivity contribution in [3.63, 3.8) is 0 Å². The molecule has 2 aromatic carbocycles. The molecule has 2 amide bonds. The number of piperazine rings is 1. The Morgan fingerprint density at radius 2 is 1.80 bits per heavy atom. The number of aliphatic hydroxyl groups excluding tert-OH is 2. The van der Waals surface area contributed by atoms with Crippen molar-refractivity contribution < 1.29 is 42.1 Å². The van der Waals surface area contributed by atoms with E-state index in [2.05, 4.69) is 10.3 Å². The highest BCUT2D eigenvalue weighted by atomic mass is 19.4. The number of rotatable bonds is 12. The first-order chi connectivity index (χ1) is 24.0. The molecule has 0 saturated carbocycles. The van der Waals surface area contributed by atoms with Gasteiger partial charge in [-0.3, -0.25) is 24.4 Å². The smallest absolute Gasteiger partial charge is 0.405 e. The van der Waals surface area contributed by atoms with E-state index in [1.54, 1.807) is 53.7 Å². The van der Waals surface area contributed by atoms with Crippen LogP contribution in [0.3, 0.4) is 0 Å². The molecule has 0 radical (unpaired) electrons. The van der Waals surface area contributed by atoms with E-state index >= 15 is 0 Å².